The van der Waals surface area contributed by atoms with Crippen molar-refractivity contribution in [2.45, 2.75) is 31.3 Å². The van der Waals surface area contributed by atoms with Crippen LogP contribution in [0.25, 0.3) is 11.1 Å². The molecule has 1 N–H and O–H groups in total. The second-order valence-corrected chi connectivity index (χ2v) is 8.93. The number of rotatable bonds is 7. The van der Waals surface area contributed by atoms with Gasteiger partial charge >= 0.3 is 0 Å². The summed E-state index contributed by atoms with van der Waals surface area (Å²) in [6, 6.07) is 21.5. The first kappa shape index (κ1) is 22.7. The fourth-order valence-corrected chi connectivity index (χ4v) is 4.51. The summed E-state index contributed by atoms with van der Waals surface area (Å²) in [5.74, 6) is -0.292. The molecular weight excluding hydrogens is 425 g/mol. The van der Waals surface area contributed by atoms with Crippen molar-refractivity contribution in [1.82, 2.24) is 4.90 Å². The van der Waals surface area contributed by atoms with E-state index >= 15 is 0 Å². The molecule has 3 aromatic carbocycles. The lowest BCUT2D eigenvalue weighted by Crippen LogP contribution is -2.42. The number of aliphatic hydroxyl groups is 1. The van der Waals surface area contributed by atoms with Gasteiger partial charge in [-0.15, -0.1) is 0 Å². The van der Waals surface area contributed by atoms with Crippen molar-refractivity contribution in [3.8, 4) is 11.1 Å². The summed E-state index contributed by atoms with van der Waals surface area (Å²) in [5, 5.41) is 11.9. The van der Waals surface area contributed by atoms with Gasteiger partial charge in [-0.25, -0.2) is 4.39 Å². The number of nitrogens with zero attached hydrogens (tertiary/aromatic N) is 1. The number of hydrogen-bond donors (Lipinski definition) is 1. The molecule has 1 aliphatic rings. The molecule has 1 aliphatic heterocycles. The highest BCUT2D eigenvalue weighted by molar-refractivity contribution is 6.30. The highest BCUT2D eigenvalue weighted by atomic mass is 35.5. The standard InChI is InChI=1S/C27H27ClFNO2/c28-24-4-1-3-22(19-24)20-6-10-23(11-7-20)27(32)14-17-30(18-15-27)16-2-5-26(31)21-8-12-25(29)13-9-21/h1,3-4,6-13,19,32H,2,5,14-18H2. The summed E-state index contributed by atoms with van der Waals surface area (Å²) in [6.07, 6.45) is 2.52. The number of benzene rings is 3. The van der Waals surface area contributed by atoms with E-state index in [9.17, 15) is 14.3 Å². The van der Waals surface area contributed by atoms with Crippen LogP contribution in [0.5, 0.6) is 0 Å². The van der Waals surface area contributed by atoms with Crippen LogP contribution in [0.4, 0.5) is 4.39 Å². The van der Waals surface area contributed by atoms with Crippen LogP contribution in [0.15, 0.2) is 72.8 Å². The zero-order chi connectivity index (χ0) is 22.6. The Hall–Kier alpha value is -2.53. The van der Waals surface area contributed by atoms with Gasteiger partial charge < -0.3 is 10.0 Å². The van der Waals surface area contributed by atoms with E-state index in [1.165, 1.54) is 24.3 Å². The lowest BCUT2D eigenvalue weighted by Gasteiger charge is -2.38. The van der Waals surface area contributed by atoms with E-state index in [-0.39, 0.29) is 11.6 Å². The molecule has 4 rings (SSSR count). The van der Waals surface area contributed by atoms with E-state index in [1.54, 1.807) is 0 Å². The van der Waals surface area contributed by atoms with Crippen molar-refractivity contribution < 1.29 is 14.3 Å². The topological polar surface area (TPSA) is 40.5 Å². The third-order valence-corrected chi connectivity index (χ3v) is 6.54. The number of ketones is 1. The Morgan fingerprint density at radius 1 is 0.969 bits per heavy atom. The highest BCUT2D eigenvalue weighted by Gasteiger charge is 2.33. The second-order valence-electron chi connectivity index (χ2n) is 8.49. The SMILES string of the molecule is O=C(CCCN1CCC(O)(c2ccc(-c3cccc(Cl)c3)cc2)CC1)c1ccc(F)cc1. The minimum Gasteiger partial charge on any atom is -0.385 e. The van der Waals surface area contributed by atoms with Gasteiger partial charge in [0.15, 0.2) is 5.78 Å². The van der Waals surface area contributed by atoms with Gasteiger partial charge in [0.05, 0.1) is 5.60 Å². The summed E-state index contributed by atoms with van der Waals surface area (Å²) in [5.41, 5.74) is 2.80. The first-order chi connectivity index (χ1) is 15.4. The molecule has 166 valence electrons. The molecule has 0 spiro atoms. The Morgan fingerprint density at radius 2 is 1.66 bits per heavy atom. The summed E-state index contributed by atoms with van der Waals surface area (Å²) < 4.78 is 13.0. The van der Waals surface area contributed by atoms with Crippen molar-refractivity contribution in [2.24, 2.45) is 0 Å². The first-order valence-corrected chi connectivity index (χ1v) is 11.4. The summed E-state index contributed by atoms with van der Waals surface area (Å²) in [6.45, 7) is 2.39. The molecule has 1 fully saturated rings. The predicted molar refractivity (Wildman–Crippen MR) is 126 cm³/mol. The predicted octanol–water partition coefficient (Wildman–Crippen LogP) is 6.09. The van der Waals surface area contributed by atoms with Crippen LogP contribution in [0.3, 0.4) is 0 Å². The maximum Gasteiger partial charge on any atom is 0.162 e. The van der Waals surface area contributed by atoms with E-state index in [1.807, 2.05) is 48.5 Å². The largest absolute Gasteiger partial charge is 0.385 e. The Bertz CT molecular complexity index is 1060. The maximum absolute atomic E-state index is 13.0. The molecule has 0 unspecified atom stereocenters. The number of hydrogen-bond acceptors (Lipinski definition) is 3. The molecule has 0 atom stereocenters. The molecule has 32 heavy (non-hydrogen) atoms. The number of piperidine rings is 1. The Morgan fingerprint density at radius 3 is 2.31 bits per heavy atom. The molecule has 0 amide bonds. The van der Waals surface area contributed by atoms with Crippen molar-refractivity contribution in [1.29, 1.82) is 0 Å². The van der Waals surface area contributed by atoms with Crippen LogP contribution < -0.4 is 0 Å². The molecule has 1 saturated heterocycles. The van der Waals surface area contributed by atoms with E-state index < -0.39 is 5.60 Å². The fraction of sp³-hybridized carbons (Fsp3) is 0.296. The van der Waals surface area contributed by atoms with Gasteiger partial charge in [-0.05, 0) is 78.9 Å². The Balaban J connectivity index is 1.28. The average Bonchev–Trinajstić information content (AvgIpc) is 2.81. The molecule has 0 aromatic heterocycles. The molecule has 1 heterocycles. The van der Waals surface area contributed by atoms with Crippen LogP contribution >= 0.6 is 11.6 Å². The molecule has 0 bridgehead atoms. The van der Waals surface area contributed by atoms with Crippen molar-refractivity contribution in [3.63, 3.8) is 0 Å². The maximum atomic E-state index is 13.0. The quantitative estimate of drug-likeness (QED) is 0.442. The normalized spacial score (nSPS) is 16.1. The van der Waals surface area contributed by atoms with Crippen LogP contribution in [0, 0.1) is 5.82 Å². The summed E-state index contributed by atoms with van der Waals surface area (Å²) >= 11 is 6.10. The van der Waals surface area contributed by atoms with Gasteiger partial charge in [-0.1, -0.05) is 48.0 Å². The molecule has 0 aliphatic carbocycles. The number of likely N-dealkylation sites (tertiary alicyclic amines) is 1. The van der Waals surface area contributed by atoms with E-state index in [0.29, 0.717) is 29.8 Å². The molecule has 0 radical (unpaired) electrons. The first-order valence-electron chi connectivity index (χ1n) is 11.0. The van der Waals surface area contributed by atoms with Gasteiger partial charge in [0.1, 0.15) is 5.82 Å². The summed E-state index contributed by atoms with van der Waals surface area (Å²) in [4.78, 5) is 14.5. The zero-order valence-electron chi connectivity index (χ0n) is 17.9. The van der Waals surface area contributed by atoms with Gasteiger partial charge in [0.25, 0.3) is 0 Å². The lowest BCUT2D eigenvalue weighted by molar-refractivity contribution is -0.0260. The van der Waals surface area contributed by atoms with Gasteiger partial charge in [-0.2, -0.15) is 0 Å². The minimum atomic E-state index is -0.826. The van der Waals surface area contributed by atoms with Crippen LogP contribution in [-0.4, -0.2) is 35.4 Å². The summed E-state index contributed by atoms with van der Waals surface area (Å²) in [7, 11) is 0. The Labute approximate surface area is 193 Å². The van der Waals surface area contributed by atoms with E-state index in [2.05, 4.69) is 4.90 Å². The third-order valence-electron chi connectivity index (χ3n) is 6.31. The monoisotopic (exact) mass is 451 g/mol. The average molecular weight is 452 g/mol. The molecule has 5 heteroatoms. The number of Topliss-reactive ketones (excluding diaryl/α,β-unsaturated/α-hetero) is 1. The molecule has 3 nitrogen and oxygen atoms in total. The zero-order valence-corrected chi connectivity index (χ0v) is 18.7. The second kappa shape index (κ2) is 9.95. The Kier molecular flexibility index (Phi) is 7.04. The van der Waals surface area contributed by atoms with Gasteiger partial charge in [0, 0.05) is 30.1 Å². The minimum absolute atomic E-state index is 0.0401. The van der Waals surface area contributed by atoms with E-state index in [0.717, 1.165) is 42.7 Å². The van der Waals surface area contributed by atoms with E-state index in [4.69, 9.17) is 11.6 Å². The van der Waals surface area contributed by atoms with Gasteiger partial charge in [-0.3, -0.25) is 4.79 Å². The third kappa shape index (κ3) is 5.44. The fourth-order valence-electron chi connectivity index (χ4n) is 4.32. The molecular formula is C27H27ClFNO2. The number of halogens is 2. The number of carbonyl (C=O) groups excluding carboxylic acids is 1. The highest BCUT2D eigenvalue weighted by Crippen LogP contribution is 2.34. The molecule has 0 saturated carbocycles. The van der Waals surface area contributed by atoms with Crippen LogP contribution in [-0.2, 0) is 5.60 Å². The van der Waals surface area contributed by atoms with Crippen molar-refractivity contribution >= 4 is 17.4 Å². The number of carbonyl (C=O) groups is 1. The van der Waals surface area contributed by atoms with Crippen molar-refractivity contribution in [3.05, 3.63) is 94.8 Å². The molecule has 3 aromatic rings. The van der Waals surface area contributed by atoms with Gasteiger partial charge in [0.2, 0.25) is 0 Å². The van der Waals surface area contributed by atoms with Crippen LogP contribution in [0.2, 0.25) is 5.02 Å². The van der Waals surface area contributed by atoms with Crippen molar-refractivity contribution in [2.75, 3.05) is 19.6 Å². The lowest BCUT2D eigenvalue weighted by atomic mass is 9.83. The smallest absolute Gasteiger partial charge is 0.162 e. The van der Waals surface area contributed by atoms with Crippen LogP contribution in [0.1, 0.15) is 41.6 Å².